The molecular formula is C13H19BrN2O2S. The molecule has 1 atom stereocenters. The molecule has 1 aromatic rings. The molecule has 1 aromatic carbocycles. The van der Waals surface area contributed by atoms with E-state index in [-0.39, 0.29) is 11.7 Å². The number of hydrogen-bond acceptors (Lipinski definition) is 3. The largest absolute Gasteiger partial charge is 0.316 e. The van der Waals surface area contributed by atoms with E-state index in [2.05, 4.69) is 26.0 Å². The number of hydrogen-bond donors (Lipinski definition) is 2. The van der Waals surface area contributed by atoms with Crippen molar-refractivity contribution in [2.45, 2.75) is 19.8 Å². The summed E-state index contributed by atoms with van der Waals surface area (Å²) in [5.41, 5.74) is 1.70. The Morgan fingerprint density at radius 2 is 2.26 bits per heavy atom. The molecule has 0 aromatic heterocycles. The predicted octanol–water partition coefficient (Wildman–Crippen LogP) is 2.50. The van der Waals surface area contributed by atoms with E-state index in [9.17, 15) is 8.42 Å². The highest BCUT2D eigenvalue weighted by molar-refractivity contribution is 9.10. The summed E-state index contributed by atoms with van der Waals surface area (Å²) in [7, 11) is -3.27. The Hall–Kier alpha value is -0.590. The molecule has 0 radical (unpaired) electrons. The van der Waals surface area contributed by atoms with Crippen LogP contribution in [0.15, 0.2) is 22.7 Å². The number of halogens is 1. The van der Waals surface area contributed by atoms with Gasteiger partial charge in [0.05, 0.1) is 5.75 Å². The molecular weight excluding hydrogens is 328 g/mol. The third-order valence-corrected chi connectivity index (χ3v) is 5.61. The van der Waals surface area contributed by atoms with Crippen LogP contribution < -0.4 is 10.0 Å². The van der Waals surface area contributed by atoms with Gasteiger partial charge in [0.15, 0.2) is 0 Å². The maximum Gasteiger partial charge on any atom is 0.233 e. The maximum atomic E-state index is 12.1. The maximum absolute atomic E-state index is 12.1. The van der Waals surface area contributed by atoms with Crippen LogP contribution in [0.25, 0.3) is 0 Å². The summed E-state index contributed by atoms with van der Waals surface area (Å²) in [6.45, 7) is 3.75. The Labute approximate surface area is 123 Å². The molecule has 1 aliphatic heterocycles. The van der Waals surface area contributed by atoms with Gasteiger partial charge in [-0.15, -0.1) is 0 Å². The summed E-state index contributed by atoms with van der Waals surface area (Å²) in [6.07, 6.45) is 2.03. The fourth-order valence-electron chi connectivity index (χ4n) is 2.25. The molecule has 0 spiro atoms. The Kier molecular flexibility index (Phi) is 4.86. The van der Waals surface area contributed by atoms with E-state index in [1.807, 2.05) is 13.0 Å². The first kappa shape index (κ1) is 14.8. The zero-order valence-electron chi connectivity index (χ0n) is 10.9. The normalized spacial score (nSPS) is 20.2. The first-order valence-electron chi connectivity index (χ1n) is 6.44. The standard InChI is InChI=1S/C13H19BrN2O2S/c1-10-4-5-12(7-13(10)14)16-19(17,18)9-11-3-2-6-15-8-11/h4-5,7,11,15-16H,2-3,6,8-9H2,1H3. The lowest BCUT2D eigenvalue weighted by atomic mass is 10.0. The molecule has 0 bridgehead atoms. The average molecular weight is 347 g/mol. The van der Waals surface area contributed by atoms with Crippen molar-refractivity contribution in [1.29, 1.82) is 0 Å². The average Bonchev–Trinajstić information content (AvgIpc) is 2.34. The number of anilines is 1. The Morgan fingerprint density at radius 1 is 1.47 bits per heavy atom. The van der Waals surface area contributed by atoms with Gasteiger partial charge < -0.3 is 5.32 Å². The second-order valence-electron chi connectivity index (χ2n) is 5.06. The highest BCUT2D eigenvalue weighted by Crippen LogP contribution is 2.22. The van der Waals surface area contributed by atoms with Gasteiger partial charge in [-0.2, -0.15) is 0 Å². The molecule has 0 saturated carbocycles. The van der Waals surface area contributed by atoms with Crippen LogP contribution >= 0.6 is 15.9 Å². The number of aryl methyl sites for hydroxylation is 1. The molecule has 1 heterocycles. The zero-order chi connectivity index (χ0) is 13.9. The van der Waals surface area contributed by atoms with Crippen LogP contribution in [0.4, 0.5) is 5.69 Å². The summed E-state index contributed by atoms with van der Waals surface area (Å²) in [4.78, 5) is 0. The van der Waals surface area contributed by atoms with Crippen LogP contribution in [0.2, 0.25) is 0 Å². The van der Waals surface area contributed by atoms with Crippen molar-refractivity contribution < 1.29 is 8.42 Å². The van der Waals surface area contributed by atoms with Crippen molar-refractivity contribution >= 4 is 31.6 Å². The molecule has 106 valence electrons. The van der Waals surface area contributed by atoms with Gasteiger partial charge in [-0.3, -0.25) is 4.72 Å². The number of benzene rings is 1. The number of piperidine rings is 1. The molecule has 1 unspecified atom stereocenters. The highest BCUT2D eigenvalue weighted by Gasteiger charge is 2.21. The van der Waals surface area contributed by atoms with Gasteiger partial charge in [0.1, 0.15) is 0 Å². The zero-order valence-corrected chi connectivity index (χ0v) is 13.4. The topological polar surface area (TPSA) is 58.2 Å². The van der Waals surface area contributed by atoms with E-state index < -0.39 is 10.0 Å². The fraction of sp³-hybridized carbons (Fsp3) is 0.538. The third-order valence-electron chi connectivity index (χ3n) is 3.30. The smallest absolute Gasteiger partial charge is 0.233 e. The van der Waals surface area contributed by atoms with Gasteiger partial charge in [-0.1, -0.05) is 22.0 Å². The molecule has 2 rings (SSSR count). The summed E-state index contributed by atoms with van der Waals surface area (Å²) in [5, 5.41) is 3.24. The van der Waals surface area contributed by atoms with Crippen molar-refractivity contribution in [3.05, 3.63) is 28.2 Å². The highest BCUT2D eigenvalue weighted by atomic mass is 79.9. The van der Waals surface area contributed by atoms with Crippen molar-refractivity contribution in [2.75, 3.05) is 23.6 Å². The summed E-state index contributed by atoms with van der Waals surface area (Å²) in [6, 6.07) is 5.48. The first-order valence-corrected chi connectivity index (χ1v) is 8.88. The Bertz CT molecular complexity index is 540. The number of rotatable bonds is 4. The first-order chi connectivity index (χ1) is 8.96. The third kappa shape index (κ3) is 4.47. The summed E-state index contributed by atoms with van der Waals surface area (Å²) in [5.74, 6) is 0.394. The van der Waals surface area contributed by atoms with E-state index >= 15 is 0 Å². The van der Waals surface area contributed by atoms with Crippen molar-refractivity contribution in [3.8, 4) is 0 Å². The summed E-state index contributed by atoms with van der Waals surface area (Å²) >= 11 is 3.41. The molecule has 1 fully saturated rings. The fourth-order valence-corrected chi connectivity index (χ4v) is 4.11. The van der Waals surface area contributed by atoms with Crippen LogP contribution in [0, 0.1) is 12.8 Å². The number of nitrogens with one attached hydrogen (secondary N) is 2. The second kappa shape index (κ2) is 6.24. The van der Waals surface area contributed by atoms with Crippen LogP contribution in [0.3, 0.4) is 0 Å². The Balaban J connectivity index is 2.01. The minimum atomic E-state index is -3.27. The van der Waals surface area contributed by atoms with Gasteiger partial charge in [0, 0.05) is 10.2 Å². The van der Waals surface area contributed by atoms with Gasteiger partial charge in [0.25, 0.3) is 0 Å². The quantitative estimate of drug-likeness (QED) is 0.880. The van der Waals surface area contributed by atoms with Crippen molar-refractivity contribution in [3.63, 3.8) is 0 Å². The molecule has 6 heteroatoms. The molecule has 0 amide bonds. The molecule has 19 heavy (non-hydrogen) atoms. The summed E-state index contributed by atoms with van der Waals surface area (Å²) < 4.78 is 27.8. The van der Waals surface area contributed by atoms with Gasteiger partial charge in [-0.25, -0.2) is 8.42 Å². The van der Waals surface area contributed by atoms with E-state index in [4.69, 9.17) is 0 Å². The minimum absolute atomic E-state index is 0.186. The van der Waals surface area contributed by atoms with Gasteiger partial charge in [-0.05, 0) is 56.5 Å². The number of sulfonamides is 1. The molecule has 0 aliphatic carbocycles. The molecule has 1 aliphatic rings. The van der Waals surface area contributed by atoms with Gasteiger partial charge in [0.2, 0.25) is 10.0 Å². The van der Waals surface area contributed by atoms with E-state index in [0.29, 0.717) is 5.69 Å². The van der Waals surface area contributed by atoms with Crippen LogP contribution in [-0.2, 0) is 10.0 Å². The van der Waals surface area contributed by atoms with Gasteiger partial charge >= 0.3 is 0 Å². The van der Waals surface area contributed by atoms with Crippen LogP contribution in [-0.4, -0.2) is 27.3 Å². The minimum Gasteiger partial charge on any atom is -0.316 e. The second-order valence-corrected chi connectivity index (χ2v) is 7.68. The van der Waals surface area contributed by atoms with Crippen molar-refractivity contribution in [2.24, 2.45) is 5.92 Å². The monoisotopic (exact) mass is 346 g/mol. The molecule has 2 N–H and O–H groups in total. The van der Waals surface area contributed by atoms with Crippen molar-refractivity contribution in [1.82, 2.24) is 5.32 Å². The van der Waals surface area contributed by atoms with E-state index in [1.54, 1.807) is 12.1 Å². The molecule has 1 saturated heterocycles. The Morgan fingerprint density at radius 3 is 2.89 bits per heavy atom. The lowest BCUT2D eigenvalue weighted by Crippen LogP contribution is -2.35. The molecule has 4 nitrogen and oxygen atoms in total. The van der Waals surface area contributed by atoms with E-state index in [0.717, 1.165) is 36.0 Å². The van der Waals surface area contributed by atoms with Crippen LogP contribution in [0.5, 0.6) is 0 Å². The SMILES string of the molecule is Cc1ccc(NS(=O)(=O)CC2CCCNC2)cc1Br. The van der Waals surface area contributed by atoms with Crippen LogP contribution in [0.1, 0.15) is 18.4 Å². The van der Waals surface area contributed by atoms with E-state index in [1.165, 1.54) is 0 Å². The predicted molar refractivity (Wildman–Crippen MR) is 81.9 cm³/mol. The lowest BCUT2D eigenvalue weighted by molar-refractivity contribution is 0.404. The lowest BCUT2D eigenvalue weighted by Gasteiger charge is -2.22.